The molecule has 2 aromatic rings. The lowest BCUT2D eigenvalue weighted by atomic mass is 10.0. The van der Waals surface area contributed by atoms with Crippen molar-refractivity contribution >= 4 is 34.2 Å². The number of benzene rings is 2. The summed E-state index contributed by atoms with van der Waals surface area (Å²) >= 11 is 0. The molecule has 2 heterocycles. The molecule has 1 atom stereocenters. The summed E-state index contributed by atoms with van der Waals surface area (Å²) in [6, 6.07) is 7.56. The Morgan fingerprint density at radius 1 is 1.14 bits per heavy atom. The summed E-state index contributed by atoms with van der Waals surface area (Å²) in [7, 11) is 0. The van der Waals surface area contributed by atoms with Gasteiger partial charge in [-0.1, -0.05) is 12.1 Å². The van der Waals surface area contributed by atoms with Gasteiger partial charge in [-0.15, -0.1) is 0 Å². The lowest BCUT2D eigenvalue weighted by Crippen LogP contribution is -2.53. The number of imide groups is 1. The van der Waals surface area contributed by atoms with Crippen LogP contribution in [0, 0.1) is 0 Å². The maximum atomic E-state index is 12.7. The molecule has 0 spiro atoms. The molecular weight excluding hydrogens is 284 g/mol. The second-order valence-electron chi connectivity index (χ2n) is 5.47. The molecule has 2 N–H and O–H groups in total. The number of nitrogens with one attached hydrogen (secondary N) is 1. The molecular formula is C16H12N2O4. The molecule has 0 aromatic heterocycles. The van der Waals surface area contributed by atoms with Gasteiger partial charge in [0.15, 0.2) is 0 Å². The van der Waals surface area contributed by atoms with Crippen LogP contribution in [0.1, 0.15) is 23.2 Å². The van der Waals surface area contributed by atoms with Gasteiger partial charge in [-0.05, 0) is 24.6 Å². The Bertz CT molecular complexity index is 859. The van der Waals surface area contributed by atoms with Gasteiger partial charge < -0.3 is 5.11 Å². The van der Waals surface area contributed by atoms with Crippen molar-refractivity contribution in [2.45, 2.75) is 18.9 Å². The number of phenols is 1. The molecule has 4 rings (SSSR count). The van der Waals surface area contributed by atoms with Crippen molar-refractivity contribution in [3.05, 3.63) is 35.9 Å². The highest BCUT2D eigenvalue weighted by Gasteiger charge is 2.40. The van der Waals surface area contributed by atoms with Gasteiger partial charge >= 0.3 is 0 Å². The van der Waals surface area contributed by atoms with Crippen LogP contribution in [-0.2, 0) is 9.59 Å². The first-order valence-corrected chi connectivity index (χ1v) is 7.00. The third-order valence-electron chi connectivity index (χ3n) is 4.23. The molecule has 2 aliphatic rings. The molecule has 22 heavy (non-hydrogen) atoms. The van der Waals surface area contributed by atoms with E-state index in [0.717, 1.165) is 0 Å². The zero-order chi connectivity index (χ0) is 15.4. The summed E-state index contributed by atoms with van der Waals surface area (Å²) in [5, 5.41) is 13.5. The summed E-state index contributed by atoms with van der Waals surface area (Å²) in [6.07, 6.45) is 0.504. The van der Waals surface area contributed by atoms with Crippen LogP contribution in [0.4, 0.5) is 5.69 Å². The van der Waals surface area contributed by atoms with Crippen molar-refractivity contribution in [2.75, 3.05) is 4.90 Å². The van der Waals surface area contributed by atoms with Gasteiger partial charge in [-0.25, -0.2) is 0 Å². The van der Waals surface area contributed by atoms with E-state index in [4.69, 9.17) is 0 Å². The molecule has 2 aliphatic heterocycles. The summed E-state index contributed by atoms with van der Waals surface area (Å²) < 4.78 is 0. The molecule has 0 saturated carbocycles. The van der Waals surface area contributed by atoms with Gasteiger partial charge in [-0.3, -0.25) is 24.6 Å². The topological polar surface area (TPSA) is 86.7 Å². The van der Waals surface area contributed by atoms with Gasteiger partial charge in [0.2, 0.25) is 11.8 Å². The minimum Gasteiger partial charge on any atom is -0.507 e. The van der Waals surface area contributed by atoms with E-state index in [0.29, 0.717) is 28.4 Å². The molecule has 0 bridgehead atoms. The van der Waals surface area contributed by atoms with E-state index in [2.05, 4.69) is 5.32 Å². The van der Waals surface area contributed by atoms with Crippen molar-refractivity contribution in [3.63, 3.8) is 0 Å². The molecule has 110 valence electrons. The second kappa shape index (κ2) is 4.30. The highest BCUT2D eigenvalue weighted by molar-refractivity contribution is 6.27. The third kappa shape index (κ3) is 1.57. The first-order chi connectivity index (χ1) is 10.6. The average Bonchev–Trinajstić information content (AvgIpc) is 2.77. The first-order valence-electron chi connectivity index (χ1n) is 7.00. The summed E-state index contributed by atoms with van der Waals surface area (Å²) in [4.78, 5) is 37.5. The van der Waals surface area contributed by atoms with Crippen molar-refractivity contribution in [2.24, 2.45) is 0 Å². The Labute approximate surface area is 125 Å². The van der Waals surface area contributed by atoms with Gasteiger partial charge in [0, 0.05) is 17.2 Å². The van der Waals surface area contributed by atoms with Crippen molar-refractivity contribution < 1.29 is 19.5 Å². The number of aromatic hydroxyl groups is 1. The molecule has 1 unspecified atom stereocenters. The molecule has 6 nitrogen and oxygen atoms in total. The first kappa shape index (κ1) is 12.8. The van der Waals surface area contributed by atoms with E-state index in [9.17, 15) is 19.5 Å². The number of hydrogen-bond acceptors (Lipinski definition) is 4. The Morgan fingerprint density at radius 3 is 2.73 bits per heavy atom. The lowest BCUT2D eigenvalue weighted by Gasteiger charge is -2.30. The van der Waals surface area contributed by atoms with Crippen molar-refractivity contribution in [3.8, 4) is 5.75 Å². The zero-order valence-corrected chi connectivity index (χ0v) is 11.5. The van der Waals surface area contributed by atoms with Crippen LogP contribution in [0.25, 0.3) is 10.8 Å². The molecule has 1 saturated heterocycles. The molecule has 0 radical (unpaired) electrons. The fourth-order valence-electron chi connectivity index (χ4n) is 3.23. The SMILES string of the molecule is O=C1CCC(N2C(=O)c3ccc(O)c4cccc2c34)C(=O)N1. The Hall–Kier alpha value is -2.89. The predicted molar refractivity (Wildman–Crippen MR) is 78.6 cm³/mol. The number of nitrogens with zero attached hydrogens (tertiary/aromatic N) is 1. The maximum Gasteiger partial charge on any atom is 0.259 e. The summed E-state index contributed by atoms with van der Waals surface area (Å²) in [5.41, 5.74) is 1.07. The van der Waals surface area contributed by atoms with Crippen LogP contribution in [0.15, 0.2) is 30.3 Å². The Kier molecular flexibility index (Phi) is 2.51. The van der Waals surface area contributed by atoms with Crippen LogP contribution in [0.3, 0.4) is 0 Å². The van der Waals surface area contributed by atoms with Gasteiger partial charge in [0.05, 0.1) is 11.3 Å². The van der Waals surface area contributed by atoms with Crippen LogP contribution in [0.5, 0.6) is 5.75 Å². The number of carbonyl (C=O) groups excluding carboxylic acids is 3. The largest absolute Gasteiger partial charge is 0.507 e. The van der Waals surface area contributed by atoms with Crippen LogP contribution < -0.4 is 10.2 Å². The number of rotatable bonds is 1. The molecule has 2 aromatic carbocycles. The van der Waals surface area contributed by atoms with Gasteiger partial charge in [0.1, 0.15) is 11.8 Å². The van der Waals surface area contributed by atoms with E-state index in [1.165, 1.54) is 11.0 Å². The average molecular weight is 296 g/mol. The monoisotopic (exact) mass is 296 g/mol. The summed E-state index contributed by atoms with van der Waals surface area (Å²) in [5.74, 6) is -0.959. The van der Waals surface area contributed by atoms with Crippen molar-refractivity contribution in [1.29, 1.82) is 0 Å². The van der Waals surface area contributed by atoms with E-state index in [1.54, 1.807) is 24.3 Å². The number of phenolic OH excluding ortho intramolecular Hbond substituents is 1. The van der Waals surface area contributed by atoms with Crippen LogP contribution in [0.2, 0.25) is 0 Å². The van der Waals surface area contributed by atoms with E-state index < -0.39 is 11.9 Å². The van der Waals surface area contributed by atoms with Crippen LogP contribution >= 0.6 is 0 Å². The smallest absolute Gasteiger partial charge is 0.259 e. The minimum absolute atomic E-state index is 0.0959. The van der Waals surface area contributed by atoms with Gasteiger partial charge in [0.25, 0.3) is 5.91 Å². The van der Waals surface area contributed by atoms with E-state index >= 15 is 0 Å². The standard InChI is InChI=1S/C16H12N2O4/c19-12-6-4-9-14-8(12)2-1-3-10(14)18(16(9)22)11-5-7-13(20)17-15(11)21/h1-4,6,11,19H,5,7H2,(H,17,20,21). The molecule has 1 fully saturated rings. The maximum absolute atomic E-state index is 12.7. The normalized spacial score (nSPS) is 20.6. The molecule has 6 heteroatoms. The quantitative estimate of drug-likeness (QED) is 0.777. The highest BCUT2D eigenvalue weighted by Crippen LogP contribution is 2.42. The Morgan fingerprint density at radius 2 is 1.95 bits per heavy atom. The number of hydrogen-bond donors (Lipinski definition) is 2. The minimum atomic E-state index is -0.703. The third-order valence-corrected chi connectivity index (χ3v) is 4.23. The number of carbonyl (C=O) groups is 3. The predicted octanol–water partition coefficient (Wildman–Crippen LogP) is 1.31. The number of amides is 3. The zero-order valence-electron chi connectivity index (χ0n) is 11.5. The number of anilines is 1. The second-order valence-corrected chi connectivity index (χ2v) is 5.47. The number of piperidine rings is 1. The fraction of sp³-hybridized carbons (Fsp3) is 0.188. The van der Waals surface area contributed by atoms with Crippen molar-refractivity contribution in [1.82, 2.24) is 5.32 Å². The lowest BCUT2D eigenvalue weighted by molar-refractivity contribution is -0.134. The van der Waals surface area contributed by atoms with E-state index in [1.807, 2.05) is 0 Å². The molecule has 0 aliphatic carbocycles. The summed E-state index contributed by atoms with van der Waals surface area (Å²) in [6.45, 7) is 0. The van der Waals surface area contributed by atoms with Crippen LogP contribution in [-0.4, -0.2) is 28.9 Å². The van der Waals surface area contributed by atoms with E-state index in [-0.39, 0.29) is 24.0 Å². The highest BCUT2D eigenvalue weighted by atomic mass is 16.3. The van der Waals surface area contributed by atoms with Gasteiger partial charge in [-0.2, -0.15) is 0 Å². The fourth-order valence-corrected chi connectivity index (χ4v) is 3.23. The Balaban J connectivity index is 1.89. The molecule has 3 amide bonds.